The first-order valence-corrected chi connectivity index (χ1v) is 7.74. The van der Waals surface area contributed by atoms with Crippen LogP contribution in [-0.2, 0) is 0 Å². The van der Waals surface area contributed by atoms with Crippen LogP contribution in [0.3, 0.4) is 0 Å². The van der Waals surface area contributed by atoms with E-state index in [1.54, 1.807) is 23.9 Å². The fourth-order valence-electron chi connectivity index (χ4n) is 2.37. The summed E-state index contributed by atoms with van der Waals surface area (Å²) in [7, 11) is 0. The van der Waals surface area contributed by atoms with Gasteiger partial charge in [0.05, 0.1) is 16.4 Å². The fraction of sp³-hybridized carbons (Fsp3) is 0.0625. The number of rotatable bonds is 3. The zero-order valence-corrected chi connectivity index (χ0v) is 12.7. The van der Waals surface area contributed by atoms with Gasteiger partial charge in [0.2, 0.25) is 0 Å². The van der Waals surface area contributed by atoms with Crippen LogP contribution < -0.4 is 5.43 Å². The number of aryl methyl sites for hydroxylation is 1. The number of benzene rings is 1. The molecule has 1 aromatic carbocycles. The second-order valence-corrected chi connectivity index (χ2v) is 5.89. The smallest absolute Gasteiger partial charge is 0.167 e. The van der Waals surface area contributed by atoms with Gasteiger partial charge in [-0.15, -0.1) is 11.3 Å². The average molecular weight is 307 g/mol. The van der Waals surface area contributed by atoms with Gasteiger partial charge in [-0.05, 0) is 47.0 Å². The zero-order valence-electron chi connectivity index (χ0n) is 11.9. The molecule has 108 valence electrons. The van der Waals surface area contributed by atoms with Gasteiger partial charge < -0.3 is 4.98 Å². The van der Waals surface area contributed by atoms with E-state index in [-0.39, 0.29) is 0 Å². The predicted molar refractivity (Wildman–Crippen MR) is 91.7 cm³/mol. The number of aromatic nitrogens is 3. The normalized spacial score (nSPS) is 11.7. The number of hydrazone groups is 1. The van der Waals surface area contributed by atoms with Crippen LogP contribution in [0.25, 0.3) is 21.1 Å². The summed E-state index contributed by atoms with van der Waals surface area (Å²) < 4.78 is 1.03. The van der Waals surface area contributed by atoms with E-state index < -0.39 is 0 Å². The van der Waals surface area contributed by atoms with E-state index in [4.69, 9.17) is 0 Å². The number of thiophene rings is 1. The zero-order chi connectivity index (χ0) is 14.9. The van der Waals surface area contributed by atoms with Crippen LogP contribution in [0.15, 0.2) is 47.3 Å². The van der Waals surface area contributed by atoms with Gasteiger partial charge in [0.15, 0.2) is 5.82 Å². The summed E-state index contributed by atoms with van der Waals surface area (Å²) in [5, 5.41) is 7.54. The molecule has 3 heterocycles. The predicted octanol–water partition coefficient (Wildman–Crippen LogP) is 3.93. The molecule has 0 radical (unpaired) electrons. The molecule has 22 heavy (non-hydrogen) atoms. The van der Waals surface area contributed by atoms with Gasteiger partial charge in [0, 0.05) is 11.7 Å². The molecule has 0 aliphatic heterocycles. The van der Waals surface area contributed by atoms with Crippen molar-refractivity contribution in [3.05, 3.63) is 53.3 Å². The largest absolute Gasteiger partial charge is 0.361 e. The summed E-state index contributed by atoms with van der Waals surface area (Å²) in [4.78, 5) is 11.7. The summed E-state index contributed by atoms with van der Waals surface area (Å²) in [6.07, 6.45) is 5.28. The Morgan fingerprint density at radius 3 is 3.18 bits per heavy atom. The van der Waals surface area contributed by atoms with E-state index in [9.17, 15) is 0 Å². The molecule has 0 bridgehead atoms. The Bertz CT molecular complexity index is 982. The van der Waals surface area contributed by atoms with Gasteiger partial charge in [-0.25, -0.2) is 9.97 Å². The molecular formula is C16H13N5S. The standard InChI is InChI=1S/C16H13N5S/c1-10-8-22-15-14(10)18-9-19-16(15)21-20-7-11-2-3-13-12(6-11)4-5-17-13/h2-9,17H,1H3,(H,18,19,21)/b20-7+. The van der Waals surface area contributed by atoms with Crippen LogP contribution in [0.5, 0.6) is 0 Å². The average Bonchev–Trinajstić information content (AvgIpc) is 3.14. The highest BCUT2D eigenvalue weighted by Crippen LogP contribution is 2.28. The van der Waals surface area contributed by atoms with Gasteiger partial charge in [0.25, 0.3) is 0 Å². The lowest BCUT2D eigenvalue weighted by Crippen LogP contribution is -1.94. The summed E-state index contributed by atoms with van der Waals surface area (Å²) in [6.45, 7) is 2.05. The molecule has 4 rings (SSSR count). The minimum Gasteiger partial charge on any atom is -0.361 e. The van der Waals surface area contributed by atoms with Crippen LogP contribution in [0, 0.1) is 6.92 Å². The van der Waals surface area contributed by atoms with E-state index >= 15 is 0 Å². The molecule has 0 atom stereocenters. The van der Waals surface area contributed by atoms with Crippen LogP contribution >= 0.6 is 11.3 Å². The van der Waals surface area contributed by atoms with Crippen molar-refractivity contribution < 1.29 is 0 Å². The first kappa shape index (κ1) is 13.0. The molecule has 0 unspecified atom stereocenters. The van der Waals surface area contributed by atoms with Crippen molar-refractivity contribution in [3.63, 3.8) is 0 Å². The van der Waals surface area contributed by atoms with Gasteiger partial charge in [0.1, 0.15) is 6.33 Å². The van der Waals surface area contributed by atoms with Crippen LogP contribution in [0.1, 0.15) is 11.1 Å². The molecule has 0 aliphatic rings. The molecule has 0 amide bonds. The molecule has 3 aromatic heterocycles. The maximum absolute atomic E-state index is 4.30. The highest BCUT2D eigenvalue weighted by atomic mass is 32.1. The number of nitrogens with one attached hydrogen (secondary N) is 2. The molecule has 6 heteroatoms. The van der Waals surface area contributed by atoms with E-state index in [0.29, 0.717) is 0 Å². The monoisotopic (exact) mass is 307 g/mol. The minimum atomic E-state index is 0.738. The molecule has 2 N–H and O–H groups in total. The molecule has 4 aromatic rings. The fourth-order valence-corrected chi connectivity index (χ4v) is 3.31. The Morgan fingerprint density at radius 1 is 1.27 bits per heavy atom. The van der Waals surface area contributed by atoms with Crippen molar-refractivity contribution in [2.75, 3.05) is 5.43 Å². The third-order valence-corrected chi connectivity index (χ3v) is 4.59. The maximum Gasteiger partial charge on any atom is 0.167 e. The topological polar surface area (TPSA) is 66.0 Å². The number of aromatic amines is 1. The van der Waals surface area contributed by atoms with Crippen molar-refractivity contribution >= 4 is 44.5 Å². The highest BCUT2D eigenvalue weighted by molar-refractivity contribution is 7.18. The van der Waals surface area contributed by atoms with Crippen LogP contribution in [-0.4, -0.2) is 21.2 Å². The lowest BCUT2D eigenvalue weighted by Gasteiger charge is -2.00. The Morgan fingerprint density at radius 2 is 2.23 bits per heavy atom. The summed E-state index contributed by atoms with van der Waals surface area (Å²) >= 11 is 1.62. The second kappa shape index (κ2) is 5.23. The summed E-state index contributed by atoms with van der Waals surface area (Å²) in [6, 6.07) is 8.20. The number of fused-ring (bicyclic) bond motifs is 2. The van der Waals surface area contributed by atoms with E-state index in [2.05, 4.69) is 36.9 Å². The molecular weight excluding hydrogens is 294 g/mol. The lowest BCUT2D eigenvalue weighted by molar-refractivity contribution is 1.18. The van der Waals surface area contributed by atoms with E-state index in [0.717, 1.165) is 32.7 Å². The third-order valence-electron chi connectivity index (χ3n) is 3.49. The number of nitrogens with zero attached hydrogens (tertiary/aromatic N) is 3. The number of anilines is 1. The van der Waals surface area contributed by atoms with Gasteiger partial charge >= 0.3 is 0 Å². The molecule has 0 spiro atoms. The summed E-state index contributed by atoms with van der Waals surface area (Å²) in [5.41, 5.74) is 7.31. The minimum absolute atomic E-state index is 0.738. The Hall–Kier alpha value is -2.73. The van der Waals surface area contributed by atoms with E-state index in [1.807, 2.05) is 31.3 Å². The number of hydrogen-bond donors (Lipinski definition) is 2. The Balaban J connectivity index is 1.60. The van der Waals surface area contributed by atoms with Gasteiger partial charge in [-0.2, -0.15) is 5.10 Å². The molecule has 0 saturated carbocycles. The Kier molecular flexibility index (Phi) is 3.08. The summed E-state index contributed by atoms with van der Waals surface area (Å²) in [5.74, 6) is 0.738. The van der Waals surface area contributed by atoms with Crippen LogP contribution in [0.2, 0.25) is 0 Å². The van der Waals surface area contributed by atoms with Crippen molar-refractivity contribution in [3.8, 4) is 0 Å². The van der Waals surface area contributed by atoms with Crippen molar-refractivity contribution in [2.45, 2.75) is 6.92 Å². The lowest BCUT2D eigenvalue weighted by atomic mass is 10.2. The first-order valence-electron chi connectivity index (χ1n) is 6.86. The van der Waals surface area contributed by atoms with E-state index in [1.165, 1.54) is 5.39 Å². The molecule has 0 saturated heterocycles. The molecule has 0 fully saturated rings. The Labute approximate surface area is 130 Å². The van der Waals surface area contributed by atoms with Gasteiger partial charge in [-0.1, -0.05) is 6.07 Å². The molecule has 0 aliphatic carbocycles. The number of hydrogen-bond acceptors (Lipinski definition) is 5. The molecule has 5 nitrogen and oxygen atoms in total. The highest BCUT2D eigenvalue weighted by Gasteiger charge is 2.06. The second-order valence-electron chi connectivity index (χ2n) is 5.01. The first-order chi connectivity index (χ1) is 10.8. The maximum atomic E-state index is 4.30. The van der Waals surface area contributed by atoms with Crippen LogP contribution in [0.4, 0.5) is 5.82 Å². The SMILES string of the molecule is Cc1csc2c(N/N=C/c3ccc4[nH]ccc4c3)ncnc12. The third kappa shape index (κ3) is 2.23. The van der Waals surface area contributed by atoms with Gasteiger partial charge in [-0.3, -0.25) is 5.43 Å². The van der Waals surface area contributed by atoms with Crippen molar-refractivity contribution in [1.82, 2.24) is 15.0 Å². The quantitative estimate of drug-likeness (QED) is 0.445. The van der Waals surface area contributed by atoms with Crippen molar-refractivity contribution in [1.29, 1.82) is 0 Å². The number of H-pyrrole nitrogens is 1. The van der Waals surface area contributed by atoms with Crippen molar-refractivity contribution in [2.24, 2.45) is 5.10 Å².